The van der Waals surface area contributed by atoms with E-state index >= 15 is 0 Å². The zero-order valence-corrected chi connectivity index (χ0v) is 4.89. The first-order chi connectivity index (χ1) is 3.29. The Morgan fingerprint density at radius 2 is 2.43 bits per heavy atom. The van der Waals surface area contributed by atoms with E-state index in [-0.39, 0.29) is 0 Å². The quantitative estimate of drug-likeness (QED) is 0.375. The van der Waals surface area contributed by atoms with Crippen molar-refractivity contribution >= 4 is 6.34 Å². The molecule has 0 radical (unpaired) electrons. The van der Waals surface area contributed by atoms with Crippen LogP contribution in [0, 0.1) is 0 Å². The normalized spacial score (nSPS) is 20.3. The van der Waals surface area contributed by atoms with Gasteiger partial charge >= 0.3 is 0 Å². The molecule has 1 heterocycles. The zero-order valence-electron chi connectivity index (χ0n) is 4.89. The Labute approximate surface area is 44.1 Å². The summed E-state index contributed by atoms with van der Waals surface area (Å²) in [6.45, 7) is 2.35. The summed E-state index contributed by atoms with van der Waals surface area (Å²) in [7, 11) is 4.17. The van der Waals surface area contributed by atoms with Crippen molar-refractivity contribution in [1.82, 2.24) is 4.90 Å². The van der Waals surface area contributed by atoms with Crippen LogP contribution in [0.3, 0.4) is 0 Å². The van der Waals surface area contributed by atoms with E-state index in [1.54, 1.807) is 0 Å². The maximum atomic E-state index is 2.18. The van der Waals surface area contributed by atoms with Gasteiger partial charge in [-0.05, 0) is 0 Å². The van der Waals surface area contributed by atoms with Crippen LogP contribution in [0.2, 0.25) is 0 Å². The van der Waals surface area contributed by atoms with E-state index in [2.05, 4.69) is 29.9 Å². The topological polar surface area (TPSA) is 6.25 Å². The second-order valence-corrected chi connectivity index (χ2v) is 2.08. The fourth-order valence-electron chi connectivity index (χ4n) is 0.767. The van der Waals surface area contributed by atoms with Crippen molar-refractivity contribution in [2.75, 3.05) is 27.2 Å². The highest BCUT2D eigenvalue weighted by molar-refractivity contribution is 5.49. The molecule has 0 fully saturated rings. The van der Waals surface area contributed by atoms with Crippen molar-refractivity contribution in [3.8, 4) is 0 Å². The highest BCUT2D eigenvalue weighted by Crippen LogP contribution is 1.83. The van der Waals surface area contributed by atoms with Crippen LogP contribution in [0.15, 0.2) is 0 Å². The monoisotopic (exact) mass is 99.1 g/mol. The Hall–Kier alpha value is -0.530. The average Bonchev–Trinajstić information content (AvgIpc) is 1.87. The average molecular weight is 99.2 g/mol. The number of nitrogens with zero attached hydrogens (tertiary/aromatic N) is 2. The second kappa shape index (κ2) is 1.52. The number of hydrogen-bond donors (Lipinski definition) is 0. The van der Waals surface area contributed by atoms with Gasteiger partial charge in [-0.3, -0.25) is 9.48 Å². The molecule has 0 atom stereocenters. The highest BCUT2D eigenvalue weighted by Gasteiger charge is 2.08. The molecule has 40 valence electrons. The molecule has 2 heteroatoms. The molecule has 1 aliphatic rings. The van der Waals surface area contributed by atoms with Crippen LogP contribution in [0.1, 0.15) is 0 Å². The van der Waals surface area contributed by atoms with E-state index in [1.165, 1.54) is 13.1 Å². The van der Waals surface area contributed by atoms with Crippen LogP contribution in [-0.4, -0.2) is 43.0 Å². The molecule has 1 aliphatic heterocycles. The molecule has 7 heavy (non-hydrogen) atoms. The van der Waals surface area contributed by atoms with Gasteiger partial charge < -0.3 is 0 Å². The third-order valence-corrected chi connectivity index (χ3v) is 1.20. The van der Waals surface area contributed by atoms with Crippen molar-refractivity contribution in [1.29, 1.82) is 0 Å². The smallest absolute Gasteiger partial charge is 0.233 e. The van der Waals surface area contributed by atoms with Gasteiger partial charge in [0.15, 0.2) is 0 Å². The first-order valence-corrected chi connectivity index (χ1v) is 2.54. The first kappa shape index (κ1) is 4.62. The lowest BCUT2D eigenvalue weighted by Crippen LogP contribution is -2.11. The maximum Gasteiger partial charge on any atom is 0.233 e. The molecule has 2 nitrogen and oxygen atoms in total. The Balaban J connectivity index is 2.50. The standard InChI is InChI=1S/C5H11N2/c1-6-3-4-7(2)5-6/h5H,3-4H2,1-2H3/q+1. The van der Waals surface area contributed by atoms with E-state index in [9.17, 15) is 0 Å². The van der Waals surface area contributed by atoms with Crippen LogP contribution in [0.25, 0.3) is 0 Å². The first-order valence-electron chi connectivity index (χ1n) is 2.54. The molecular formula is C5H11N2+. The van der Waals surface area contributed by atoms with E-state index in [1.807, 2.05) is 0 Å². The molecule has 0 N–H and O–H groups in total. The minimum absolute atomic E-state index is 1.18. The van der Waals surface area contributed by atoms with Crippen LogP contribution >= 0.6 is 0 Å². The van der Waals surface area contributed by atoms with Gasteiger partial charge in [-0.2, -0.15) is 0 Å². The fraction of sp³-hybridized carbons (Fsp3) is 0.800. The molecule has 0 aromatic carbocycles. The summed E-state index contributed by atoms with van der Waals surface area (Å²) in [6, 6.07) is 0. The molecule has 0 saturated heterocycles. The molecule has 0 saturated carbocycles. The van der Waals surface area contributed by atoms with Gasteiger partial charge in [-0.15, -0.1) is 0 Å². The third kappa shape index (κ3) is 0.918. The SMILES string of the molecule is CN1C=[N+](C)CC1. The van der Waals surface area contributed by atoms with Gasteiger partial charge in [0, 0.05) is 0 Å². The Bertz CT molecular complexity index is 96.3. The Morgan fingerprint density at radius 3 is 2.57 bits per heavy atom. The van der Waals surface area contributed by atoms with E-state index in [4.69, 9.17) is 0 Å². The Kier molecular flexibility index (Phi) is 1.01. The summed E-state index contributed by atoms with van der Waals surface area (Å²) < 4.78 is 2.18. The number of rotatable bonds is 0. The summed E-state index contributed by atoms with van der Waals surface area (Å²) >= 11 is 0. The van der Waals surface area contributed by atoms with Gasteiger partial charge in [0.25, 0.3) is 0 Å². The van der Waals surface area contributed by atoms with Gasteiger partial charge in [-0.1, -0.05) is 0 Å². The fourth-order valence-corrected chi connectivity index (χ4v) is 0.767. The van der Waals surface area contributed by atoms with Gasteiger partial charge in [0.1, 0.15) is 13.1 Å². The minimum atomic E-state index is 1.18. The van der Waals surface area contributed by atoms with E-state index in [0.717, 1.165) is 0 Å². The van der Waals surface area contributed by atoms with Gasteiger partial charge in [0.05, 0.1) is 14.1 Å². The molecule has 0 amide bonds. The van der Waals surface area contributed by atoms with Crippen LogP contribution in [0.5, 0.6) is 0 Å². The van der Waals surface area contributed by atoms with E-state index in [0.29, 0.717) is 0 Å². The van der Waals surface area contributed by atoms with E-state index < -0.39 is 0 Å². The molecule has 0 aromatic heterocycles. The largest absolute Gasteiger partial charge is 0.267 e. The number of hydrogen-bond acceptors (Lipinski definition) is 1. The van der Waals surface area contributed by atoms with Crippen LogP contribution < -0.4 is 0 Å². The molecule has 1 rings (SSSR count). The van der Waals surface area contributed by atoms with Crippen molar-refractivity contribution in [3.63, 3.8) is 0 Å². The third-order valence-electron chi connectivity index (χ3n) is 1.20. The van der Waals surface area contributed by atoms with Crippen LogP contribution in [0.4, 0.5) is 0 Å². The highest BCUT2D eigenvalue weighted by atomic mass is 15.2. The Morgan fingerprint density at radius 1 is 1.71 bits per heavy atom. The lowest BCUT2D eigenvalue weighted by molar-refractivity contribution is -0.482. The lowest BCUT2D eigenvalue weighted by Gasteiger charge is -1.90. The second-order valence-electron chi connectivity index (χ2n) is 2.08. The zero-order chi connectivity index (χ0) is 5.28. The molecule has 0 aromatic rings. The molecule has 0 spiro atoms. The maximum absolute atomic E-state index is 2.18. The summed E-state index contributed by atoms with van der Waals surface area (Å²) in [4.78, 5) is 2.18. The minimum Gasteiger partial charge on any atom is -0.267 e. The summed E-state index contributed by atoms with van der Waals surface area (Å²) in [5, 5.41) is 0. The summed E-state index contributed by atoms with van der Waals surface area (Å²) in [5.74, 6) is 0. The van der Waals surface area contributed by atoms with Crippen molar-refractivity contribution in [3.05, 3.63) is 0 Å². The van der Waals surface area contributed by atoms with Gasteiger partial charge in [0.2, 0.25) is 6.34 Å². The predicted molar refractivity (Wildman–Crippen MR) is 29.7 cm³/mol. The summed E-state index contributed by atoms with van der Waals surface area (Å²) in [5.41, 5.74) is 0. The lowest BCUT2D eigenvalue weighted by atomic mass is 10.6. The van der Waals surface area contributed by atoms with Crippen molar-refractivity contribution in [2.45, 2.75) is 0 Å². The van der Waals surface area contributed by atoms with Crippen molar-refractivity contribution < 1.29 is 4.58 Å². The molecular weight excluding hydrogens is 88.1 g/mol. The van der Waals surface area contributed by atoms with Crippen molar-refractivity contribution in [2.24, 2.45) is 0 Å². The number of likely N-dealkylation sites (N-methyl/N-ethyl adjacent to an activating group) is 2. The summed E-state index contributed by atoms with van der Waals surface area (Å²) in [6.07, 6.45) is 2.11. The molecule has 0 unspecified atom stereocenters. The van der Waals surface area contributed by atoms with Gasteiger partial charge in [-0.25, -0.2) is 0 Å². The predicted octanol–water partition coefficient (Wildman–Crippen LogP) is -0.398. The van der Waals surface area contributed by atoms with Crippen LogP contribution in [-0.2, 0) is 0 Å². The molecule has 0 bridgehead atoms. The molecule has 0 aliphatic carbocycles.